The van der Waals surface area contributed by atoms with E-state index in [1.165, 1.54) is 12.3 Å². The first-order valence-corrected chi connectivity index (χ1v) is 7.72. The third kappa shape index (κ3) is 3.58. The molecule has 0 bridgehead atoms. The van der Waals surface area contributed by atoms with E-state index in [-0.39, 0.29) is 30.0 Å². The molecule has 2 amide bonds. The van der Waals surface area contributed by atoms with Gasteiger partial charge in [-0.15, -0.1) is 0 Å². The summed E-state index contributed by atoms with van der Waals surface area (Å²) in [5.41, 5.74) is 1.37. The monoisotopic (exact) mass is 336 g/mol. The SMILES string of the molecule is COc1ccc(N2C[C@@H](NC(=O)c3ccc(C#N)nc3)CC2=O)cc1. The number of carbonyl (C=O) groups excluding carboxylic acids is 2. The van der Waals surface area contributed by atoms with Crippen molar-refractivity contribution in [2.45, 2.75) is 12.5 Å². The van der Waals surface area contributed by atoms with E-state index in [2.05, 4.69) is 10.3 Å². The van der Waals surface area contributed by atoms with Crippen LogP contribution in [-0.2, 0) is 4.79 Å². The molecule has 0 saturated carbocycles. The summed E-state index contributed by atoms with van der Waals surface area (Å²) in [6.45, 7) is 0.403. The number of ether oxygens (including phenoxy) is 1. The quantitative estimate of drug-likeness (QED) is 0.913. The number of rotatable bonds is 4. The zero-order chi connectivity index (χ0) is 17.8. The summed E-state index contributed by atoms with van der Waals surface area (Å²) in [4.78, 5) is 30.0. The first-order valence-electron chi connectivity index (χ1n) is 7.72. The lowest BCUT2D eigenvalue weighted by Crippen LogP contribution is -2.37. The molecule has 3 rings (SSSR count). The molecule has 1 aromatic carbocycles. The van der Waals surface area contributed by atoms with Crippen LogP contribution in [0.5, 0.6) is 5.75 Å². The van der Waals surface area contributed by atoms with E-state index in [0.29, 0.717) is 17.9 Å². The topological polar surface area (TPSA) is 95.3 Å². The summed E-state index contributed by atoms with van der Waals surface area (Å²) < 4.78 is 5.11. The zero-order valence-electron chi connectivity index (χ0n) is 13.6. The maximum atomic E-state index is 12.3. The Hall–Kier alpha value is -3.40. The second kappa shape index (κ2) is 7.01. The highest BCUT2D eigenvalue weighted by Crippen LogP contribution is 2.24. The van der Waals surface area contributed by atoms with Gasteiger partial charge in [-0.3, -0.25) is 9.59 Å². The highest BCUT2D eigenvalue weighted by Gasteiger charge is 2.31. The standard InChI is InChI=1S/C18H16N4O3/c1-25-16-6-4-15(5-7-16)22-11-14(8-17(22)23)21-18(24)12-2-3-13(9-19)20-10-12/h2-7,10,14H,8,11H2,1H3,(H,21,24)/t14-/m0/s1. The number of methoxy groups -OCH3 is 1. The van der Waals surface area contributed by atoms with Crippen LogP contribution in [0.3, 0.4) is 0 Å². The van der Waals surface area contributed by atoms with Gasteiger partial charge in [-0.05, 0) is 36.4 Å². The van der Waals surface area contributed by atoms with Crippen LogP contribution in [0.1, 0.15) is 22.5 Å². The Morgan fingerprint density at radius 2 is 2.08 bits per heavy atom. The van der Waals surface area contributed by atoms with Crippen molar-refractivity contribution in [1.29, 1.82) is 5.26 Å². The zero-order valence-corrected chi connectivity index (χ0v) is 13.6. The molecule has 1 fully saturated rings. The number of anilines is 1. The van der Waals surface area contributed by atoms with Gasteiger partial charge in [-0.1, -0.05) is 0 Å². The van der Waals surface area contributed by atoms with Crippen LogP contribution in [0.2, 0.25) is 0 Å². The number of pyridine rings is 1. The Morgan fingerprint density at radius 3 is 2.68 bits per heavy atom. The van der Waals surface area contributed by atoms with Gasteiger partial charge in [0.15, 0.2) is 0 Å². The number of nitrogens with one attached hydrogen (secondary N) is 1. The molecular weight excluding hydrogens is 320 g/mol. The number of hydrogen-bond donors (Lipinski definition) is 1. The molecule has 1 atom stereocenters. The number of nitriles is 1. The molecule has 25 heavy (non-hydrogen) atoms. The molecule has 0 unspecified atom stereocenters. The number of carbonyl (C=O) groups is 2. The highest BCUT2D eigenvalue weighted by molar-refractivity contribution is 5.98. The lowest BCUT2D eigenvalue weighted by atomic mass is 10.2. The number of amides is 2. The van der Waals surface area contributed by atoms with Crippen molar-refractivity contribution >= 4 is 17.5 Å². The van der Waals surface area contributed by atoms with Gasteiger partial charge in [0.2, 0.25) is 5.91 Å². The summed E-state index contributed by atoms with van der Waals surface area (Å²) in [6.07, 6.45) is 1.59. The van der Waals surface area contributed by atoms with Crippen LogP contribution < -0.4 is 15.0 Å². The van der Waals surface area contributed by atoms with E-state index < -0.39 is 0 Å². The maximum Gasteiger partial charge on any atom is 0.253 e. The molecule has 0 spiro atoms. The largest absolute Gasteiger partial charge is 0.497 e. The Morgan fingerprint density at radius 1 is 1.32 bits per heavy atom. The van der Waals surface area contributed by atoms with E-state index in [9.17, 15) is 9.59 Å². The third-order valence-electron chi connectivity index (χ3n) is 3.98. The molecule has 7 heteroatoms. The van der Waals surface area contributed by atoms with Crippen molar-refractivity contribution in [3.63, 3.8) is 0 Å². The van der Waals surface area contributed by atoms with Gasteiger partial charge in [0, 0.05) is 24.8 Å². The normalized spacial score (nSPS) is 16.4. The number of aromatic nitrogens is 1. The molecule has 1 aromatic heterocycles. The summed E-state index contributed by atoms with van der Waals surface area (Å²) >= 11 is 0. The molecule has 0 radical (unpaired) electrons. The van der Waals surface area contributed by atoms with Gasteiger partial charge in [-0.2, -0.15) is 5.26 Å². The van der Waals surface area contributed by atoms with Crippen molar-refractivity contribution in [2.75, 3.05) is 18.6 Å². The molecule has 1 saturated heterocycles. The second-order valence-corrected chi connectivity index (χ2v) is 5.62. The number of benzene rings is 1. The van der Waals surface area contributed by atoms with E-state index in [0.717, 1.165) is 5.69 Å². The van der Waals surface area contributed by atoms with Crippen LogP contribution >= 0.6 is 0 Å². The lowest BCUT2D eigenvalue weighted by molar-refractivity contribution is -0.117. The van der Waals surface area contributed by atoms with Crippen LogP contribution in [-0.4, -0.2) is 36.5 Å². The molecular formula is C18H16N4O3. The van der Waals surface area contributed by atoms with Crippen molar-refractivity contribution in [3.05, 3.63) is 53.9 Å². The van der Waals surface area contributed by atoms with E-state index in [1.54, 1.807) is 30.2 Å². The predicted molar refractivity (Wildman–Crippen MR) is 90.2 cm³/mol. The van der Waals surface area contributed by atoms with Crippen molar-refractivity contribution < 1.29 is 14.3 Å². The fourth-order valence-corrected chi connectivity index (χ4v) is 2.68. The number of hydrogen-bond acceptors (Lipinski definition) is 5. The Balaban J connectivity index is 1.65. The van der Waals surface area contributed by atoms with Crippen molar-refractivity contribution in [2.24, 2.45) is 0 Å². The first kappa shape index (κ1) is 16.5. The smallest absolute Gasteiger partial charge is 0.253 e. The Labute approximate surface area is 144 Å². The minimum Gasteiger partial charge on any atom is -0.497 e. The van der Waals surface area contributed by atoms with Gasteiger partial charge in [0.25, 0.3) is 5.91 Å². The molecule has 1 aliphatic rings. The Kier molecular flexibility index (Phi) is 4.61. The third-order valence-corrected chi connectivity index (χ3v) is 3.98. The van der Waals surface area contributed by atoms with Gasteiger partial charge < -0.3 is 15.0 Å². The van der Waals surface area contributed by atoms with Gasteiger partial charge in [0.05, 0.1) is 18.7 Å². The van der Waals surface area contributed by atoms with E-state index in [4.69, 9.17) is 10.00 Å². The summed E-state index contributed by atoms with van der Waals surface area (Å²) in [5.74, 6) is 0.355. The van der Waals surface area contributed by atoms with Gasteiger partial charge in [-0.25, -0.2) is 4.98 Å². The molecule has 0 aliphatic carbocycles. The summed E-state index contributed by atoms with van der Waals surface area (Å²) in [6, 6.07) is 11.8. The van der Waals surface area contributed by atoms with Crippen LogP contribution in [0, 0.1) is 11.3 Å². The van der Waals surface area contributed by atoms with Crippen LogP contribution in [0.15, 0.2) is 42.6 Å². The van der Waals surface area contributed by atoms with Gasteiger partial charge in [0.1, 0.15) is 17.5 Å². The van der Waals surface area contributed by atoms with Crippen molar-refractivity contribution in [1.82, 2.24) is 10.3 Å². The molecule has 126 valence electrons. The van der Waals surface area contributed by atoms with Crippen LogP contribution in [0.25, 0.3) is 0 Å². The van der Waals surface area contributed by atoms with Crippen LogP contribution in [0.4, 0.5) is 5.69 Å². The predicted octanol–water partition coefficient (Wildman–Crippen LogP) is 1.50. The fraction of sp³-hybridized carbons (Fsp3) is 0.222. The van der Waals surface area contributed by atoms with E-state index >= 15 is 0 Å². The molecule has 2 aromatic rings. The minimum atomic E-state index is -0.314. The highest BCUT2D eigenvalue weighted by atomic mass is 16.5. The first-order chi connectivity index (χ1) is 12.1. The van der Waals surface area contributed by atoms with Crippen molar-refractivity contribution in [3.8, 4) is 11.8 Å². The molecule has 1 aliphatic heterocycles. The number of nitrogens with zero attached hydrogens (tertiary/aromatic N) is 3. The molecule has 7 nitrogen and oxygen atoms in total. The second-order valence-electron chi connectivity index (χ2n) is 5.62. The summed E-state index contributed by atoms with van der Waals surface area (Å²) in [7, 11) is 1.58. The molecule has 2 heterocycles. The average molecular weight is 336 g/mol. The van der Waals surface area contributed by atoms with Gasteiger partial charge >= 0.3 is 0 Å². The Bertz CT molecular complexity index is 825. The average Bonchev–Trinajstić information content (AvgIpc) is 3.02. The lowest BCUT2D eigenvalue weighted by Gasteiger charge is -2.17. The molecule has 1 N–H and O–H groups in total. The van der Waals surface area contributed by atoms with E-state index in [1.807, 2.05) is 18.2 Å². The fourth-order valence-electron chi connectivity index (χ4n) is 2.68. The maximum absolute atomic E-state index is 12.3. The minimum absolute atomic E-state index is 0.0478. The summed E-state index contributed by atoms with van der Waals surface area (Å²) in [5, 5.41) is 11.6.